The third-order valence-corrected chi connectivity index (χ3v) is 3.24. The van der Waals surface area contributed by atoms with Crippen LogP contribution in [0.2, 0.25) is 5.02 Å². The molecule has 1 aromatic rings. The van der Waals surface area contributed by atoms with Crippen LogP contribution in [-0.4, -0.2) is 18.8 Å². The number of rotatable bonds is 2. The first kappa shape index (κ1) is 9.97. The highest BCUT2D eigenvalue weighted by molar-refractivity contribution is 6.30. The van der Waals surface area contributed by atoms with Gasteiger partial charge in [-0.25, -0.2) is 0 Å². The minimum absolute atomic E-state index is 0.0108. The Bertz CT molecular complexity index is 345. The van der Waals surface area contributed by atoms with Gasteiger partial charge in [-0.3, -0.25) is 0 Å². The summed E-state index contributed by atoms with van der Waals surface area (Å²) in [6.45, 7) is 0.0108. The fourth-order valence-corrected chi connectivity index (χ4v) is 2.27. The molecule has 0 saturated carbocycles. The van der Waals surface area contributed by atoms with Crippen molar-refractivity contribution in [2.75, 3.05) is 13.7 Å². The second-order valence-electron chi connectivity index (χ2n) is 3.66. The van der Waals surface area contributed by atoms with Gasteiger partial charge in [0.1, 0.15) is 5.60 Å². The average molecular weight is 213 g/mol. The van der Waals surface area contributed by atoms with Gasteiger partial charge in [-0.2, -0.15) is 0 Å². The Labute approximate surface area is 88.5 Å². The van der Waals surface area contributed by atoms with Gasteiger partial charge < -0.3 is 9.84 Å². The van der Waals surface area contributed by atoms with Crippen LogP contribution in [0.3, 0.4) is 0 Å². The molecule has 1 aromatic carbocycles. The molecule has 1 aliphatic carbocycles. The summed E-state index contributed by atoms with van der Waals surface area (Å²) >= 11 is 5.93. The fraction of sp³-hybridized carbons (Fsp3) is 0.455. The van der Waals surface area contributed by atoms with Crippen LogP contribution in [0.5, 0.6) is 0 Å². The van der Waals surface area contributed by atoms with Gasteiger partial charge in [-0.05, 0) is 36.1 Å². The largest absolute Gasteiger partial charge is 0.393 e. The van der Waals surface area contributed by atoms with E-state index in [1.807, 2.05) is 18.2 Å². The third kappa shape index (κ3) is 1.34. The Hall–Kier alpha value is -0.570. The zero-order valence-electron chi connectivity index (χ0n) is 8.09. The number of benzene rings is 1. The molecule has 0 aromatic heterocycles. The number of methoxy groups -OCH3 is 1. The standard InChI is InChI=1S/C11H13ClO2/c1-14-11(7-13)5-4-8-2-3-9(12)6-10(8)11/h2-3,6,13H,4-5,7H2,1H3. The highest BCUT2D eigenvalue weighted by atomic mass is 35.5. The van der Waals surface area contributed by atoms with E-state index in [2.05, 4.69) is 0 Å². The molecule has 3 heteroatoms. The summed E-state index contributed by atoms with van der Waals surface area (Å²) in [6, 6.07) is 5.78. The van der Waals surface area contributed by atoms with Gasteiger partial charge in [-0.15, -0.1) is 0 Å². The monoisotopic (exact) mass is 212 g/mol. The maximum absolute atomic E-state index is 9.39. The van der Waals surface area contributed by atoms with Crippen LogP contribution < -0.4 is 0 Å². The molecule has 1 atom stereocenters. The van der Waals surface area contributed by atoms with E-state index in [9.17, 15) is 5.11 Å². The number of halogens is 1. The summed E-state index contributed by atoms with van der Waals surface area (Å²) in [4.78, 5) is 0. The van der Waals surface area contributed by atoms with Crippen molar-refractivity contribution in [1.29, 1.82) is 0 Å². The maximum atomic E-state index is 9.39. The van der Waals surface area contributed by atoms with Crippen LogP contribution in [0.25, 0.3) is 0 Å². The second-order valence-corrected chi connectivity index (χ2v) is 4.09. The molecule has 0 fully saturated rings. The second kappa shape index (κ2) is 3.54. The molecular weight excluding hydrogens is 200 g/mol. The summed E-state index contributed by atoms with van der Waals surface area (Å²) in [7, 11) is 1.63. The number of aliphatic hydroxyl groups is 1. The van der Waals surface area contributed by atoms with Crippen LogP contribution in [0.15, 0.2) is 18.2 Å². The lowest BCUT2D eigenvalue weighted by atomic mass is 9.97. The Kier molecular flexibility index (Phi) is 2.52. The number of fused-ring (bicyclic) bond motifs is 1. The normalized spacial score (nSPS) is 25.1. The minimum atomic E-state index is -0.528. The molecular formula is C11H13ClO2. The van der Waals surface area contributed by atoms with Crippen molar-refractivity contribution in [3.05, 3.63) is 34.3 Å². The molecule has 2 rings (SSSR count). The average Bonchev–Trinajstić information content (AvgIpc) is 2.57. The van der Waals surface area contributed by atoms with Crippen LogP contribution in [0.1, 0.15) is 17.5 Å². The first-order chi connectivity index (χ1) is 6.72. The number of aliphatic hydroxyl groups excluding tert-OH is 1. The topological polar surface area (TPSA) is 29.5 Å². The van der Waals surface area contributed by atoms with Crippen molar-refractivity contribution in [1.82, 2.24) is 0 Å². The molecule has 0 amide bonds. The molecule has 0 bridgehead atoms. The summed E-state index contributed by atoms with van der Waals surface area (Å²) in [6.07, 6.45) is 1.77. The van der Waals surface area contributed by atoms with E-state index < -0.39 is 5.60 Å². The van der Waals surface area contributed by atoms with Gasteiger partial charge in [0.2, 0.25) is 0 Å². The molecule has 1 unspecified atom stereocenters. The molecule has 0 aliphatic heterocycles. The smallest absolute Gasteiger partial charge is 0.116 e. The van der Waals surface area contributed by atoms with E-state index in [0.717, 1.165) is 18.4 Å². The van der Waals surface area contributed by atoms with Crippen LogP contribution in [0, 0.1) is 0 Å². The van der Waals surface area contributed by atoms with Gasteiger partial charge in [0.05, 0.1) is 6.61 Å². The lowest BCUT2D eigenvalue weighted by Crippen LogP contribution is -2.29. The lowest BCUT2D eigenvalue weighted by Gasteiger charge is -2.26. The highest BCUT2D eigenvalue weighted by Gasteiger charge is 2.38. The molecule has 14 heavy (non-hydrogen) atoms. The van der Waals surface area contributed by atoms with Gasteiger partial charge in [0.25, 0.3) is 0 Å². The molecule has 0 spiro atoms. The summed E-state index contributed by atoms with van der Waals surface area (Å²) < 4.78 is 5.42. The van der Waals surface area contributed by atoms with Crippen LogP contribution in [-0.2, 0) is 16.8 Å². The zero-order valence-corrected chi connectivity index (χ0v) is 8.84. The van der Waals surface area contributed by atoms with E-state index in [1.54, 1.807) is 7.11 Å². The van der Waals surface area contributed by atoms with E-state index in [0.29, 0.717) is 5.02 Å². The van der Waals surface area contributed by atoms with Crippen molar-refractivity contribution in [2.24, 2.45) is 0 Å². The molecule has 1 aliphatic rings. The maximum Gasteiger partial charge on any atom is 0.116 e. The Morgan fingerprint density at radius 1 is 1.57 bits per heavy atom. The van der Waals surface area contributed by atoms with Crippen LogP contribution in [0.4, 0.5) is 0 Å². The Morgan fingerprint density at radius 2 is 2.36 bits per heavy atom. The summed E-state index contributed by atoms with van der Waals surface area (Å²) in [5, 5.41) is 10.1. The summed E-state index contributed by atoms with van der Waals surface area (Å²) in [5.41, 5.74) is 1.74. The number of ether oxygens (including phenoxy) is 1. The Balaban J connectivity index is 2.51. The predicted molar refractivity (Wildman–Crippen MR) is 55.5 cm³/mol. The Morgan fingerprint density at radius 3 is 3.00 bits per heavy atom. The van der Waals surface area contributed by atoms with E-state index >= 15 is 0 Å². The first-order valence-corrected chi connectivity index (χ1v) is 5.04. The van der Waals surface area contributed by atoms with Gasteiger partial charge in [-0.1, -0.05) is 17.7 Å². The molecule has 0 heterocycles. The van der Waals surface area contributed by atoms with Crippen molar-refractivity contribution in [3.8, 4) is 0 Å². The minimum Gasteiger partial charge on any atom is -0.393 e. The lowest BCUT2D eigenvalue weighted by molar-refractivity contribution is -0.0553. The predicted octanol–water partition coefficient (Wildman–Crippen LogP) is 2.12. The molecule has 76 valence electrons. The first-order valence-electron chi connectivity index (χ1n) is 4.67. The number of hydrogen-bond acceptors (Lipinski definition) is 2. The van der Waals surface area contributed by atoms with E-state index in [1.165, 1.54) is 5.56 Å². The van der Waals surface area contributed by atoms with Gasteiger partial charge >= 0.3 is 0 Å². The fourth-order valence-electron chi connectivity index (χ4n) is 2.10. The van der Waals surface area contributed by atoms with Gasteiger partial charge in [0, 0.05) is 12.1 Å². The molecule has 0 saturated heterocycles. The van der Waals surface area contributed by atoms with E-state index in [4.69, 9.17) is 16.3 Å². The zero-order chi connectivity index (χ0) is 10.2. The summed E-state index contributed by atoms with van der Waals surface area (Å²) in [5.74, 6) is 0. The molecule has 1 N–H and O–H groups in total. The molecule has 2 nitrogen and oxygen atoms in total. The number of aryl methyl sites for hydroxylation is 1. The number of hydrogen-bond donors (Lipinski definition) is 1. The molecule has 0 radical (unpaired) electrons. The third-order valence-electron chi connectivity index (χ3n) is 3.01. The van der Waals surface area contributed by atoms with Crippen molar-refractivity contribution < 1.29 is 9.84 Å². The van der Waals surface area contributed by atoms with Crippen molar-refractivity contribution in [3.63, 3.8) is 0 Å². The SMILES string of the molecule is COC1(CO)CCc2ccc(Cl)cc21. The highest BCUT2D eigenvalue weighted by Crippen LogP contribution is 2.40. The van der Waals surface area contributed by atoms with Crippen molar-refractivity contribution >= 4 is 11.6 Å². The van der Waals surface area contributed by atoms with E-state index in [-0.39, 0.29) is 6.61 Å². The quantitative estimate of drug-likeness (QED) is 0.814. The van der Waals surface area contributed by atoms with Crippen LogP contribution >= 0.6 is 11.6 Å². The van der Waals surface area contributed by atoms with Gasteiger partial charge in [0.15, 0.2) is 0 Å². The van der Waals surface area contributed by atoms with Crippen molar-refractivity contribution in [2.45, 2.75) is 18.4 Å².